The number of nitrogens with zero attached hydrogens (tertiary/aromatic N) is 5. The van der Waals surface area contributed by atoms with Gasteiger partial charge in [0.2, 0.25) is 0 Å². The summed E-state index contributed by atoms with van der Waals surface area (Å²) >= 11 is 0.839. The first-order valence-electron chi connectivity index (χ1n) is 11.5. The molecule has 3 aromatic rings. The standard InChI is InChI=1S/C22H24F4N6O3S/c23-12-3-1-10(2-4-12)13-8-14(13)27-19-16-20(29-21(28-19)36-6-5-22(24,25)26)32(31-30-16)15-7-11(9-33)17(34)18(15)35/h1-4,11,13-15,17-18,33-35H,5-9H2,(H,27,28,29)/t11-,13+,14-,15-,17-,18+/m1/s1. The fourth-order valence-corrected chi connectivity index (χ4v) is 5.41. The zero-order valence-electron chi connectivity index (χ0n) is 18.8. The van der Waals surface area contributed by atoms with Crippen molar-refractivity contribution in [3.05, 3.63) is 35.6 Å². The third-order valence-corrected chi connectivity index (χ3v) is 7.50. The summed E-state index contributed by atoms with van der Waals surface area (Å²) in [6, 6.07) is 5.40. The van der Waals surface area contributed by atoms with E-state index in [0.717, 1.165) is 23.7 Å². The smallest absolute Gasteiger partial charge is 0.389 e. The number of rotatable bonds is 8. The number of anilines is 1. The molecule has 0 saturated heterocycles. The van der Waals surface area contributed by atoms with E-state index in [0.29, 0.717) is 5.82 Å². The zero-order chi connectivity index (χ0) is 25.6. The van der Waals surface area contributed by atoms with Crippen LogP contribution in [0.15, 0.2) is 29.4 Å². The van der Waals surface area contributed by atoms with E-state index < -0.39 is 36.8 Å². The molecular weight excluding hydrogens is 504 g/mol. The lowest BCUT2D eigenvalue weighted by Gasteiger charge is -2.17. The molecule has 0 unspecified atom stereocenters. The molecule has 2 heterocycles. The summed E-state index contributed by atoms with van der Waals surface area (Å²) in [6.07, 6.45) is -6.77. The Hall–Kier alpha value is -2.55. The van der Waals surface area contributed by atoms with Gasteiger partial charge in [0, 0.05) is 30.2 Å². The van der Waals surface area contributed by atoms with E-state index in [4.69, 9.17) is 0 Å². The van der Waals surface area contributed by atoms with E-state index in [1.165, 1.54) is 16.8 Å². The summed E-state index contributed by atoms with van der Waals surface area (Å²) in [5, 5.41) is 41.9. The molecule has 194 valence electrons. The van der Waals surface area contributed by atoms with E-state index in [9.17, 15) is 32.9 Å². The van der Waals surface area contributed by atoms with Crippen molar-refractivity contribution in [3.63, 3.8) is 0 Å². The number of benzene rings is 1. The SMILES string of the molecule is OC[C@H]1C[C@@H](n2nnc3c(N[C@@H]4C[C@H]4c4ccc(F)cc4)nc(SCCC(F)(F)F)nc32)[C@H](O)[C@@H]1O. The number of halogens is 4. The van der Waals surface area contributed by atoms with Crippen LogP contribution in [0, 0.1) is 11.7 Å². The van der Waals surface area contributed by atoms with Gasteiger partial charge in [0.15, 0.2) is 22.1 Å². The molecule has 0 amide bonds. The summed E-state index contributed by atoms with van der Waals surface area (Å²) in [6.45, 7) is -0.325. The summed E-state index contributed by atoms with van der Waals surface area (Å²) < 4.78 is 52.7. The number of thioether (sulfide) groups is 1. The Kier molecular flexibility index (Phi) is 6.78. The van der Waals surface area contributed by atoms with Crippen LogP contribution in [0.1, 0.15) is 36.8 Å². The van der Waals surface area contributed by atoms with Crippen LogP contribution >= 0.6 is 11.8 Å². The van der Waals surface area contributed by atoms with Crippen LogP contribution in [-0.4, -0.2) is 77.1 Å². The molecule has 2 aliphatic carbocycles. The molecule has 0 radical (unpaired) electrons. The van der Waals surface area contributed by atoms with E-state index in [1.54, 1.807) is 12.1 Å². The first-order chi connectivity index (χ1) is 17.1. The molecule has 0 spiro atoms. The molecule has 2 aromatic heterocycles. The van der Waals surface area contributed by atoms with Crippen molar-refractivity contribution in [1.82, 2.24) is 25.0 Å². The van der Waals surface area contributed by atoms with Crippen molar-refractivity contribution < 1.29 is 32.9 Å². The Labute approximate surface area is 206 Å². The Morgan fingerprint density at radius 2 is 1.83 bits per heavy atom. The number of aromatic nitrogens is 5. The van der Waals surface area contributed by atoms with Crippen molar-refractivity contribution in [1.29, 1.82) is 0 Å². The lowest BCUT2D eigenvalue weighted by atomic mass is 10.1. The second-order valence-electron chi connectivity index (χ2n) is 9.15. The lowest BCUT2D eigenvalue weighted by molar-refractivity contribution is -0.129. The Morgan fingerprint density at radius 3 is 2.50 bits per heavy atom. The number of aliphatic hydroxyl groups excluding tert-OH is 3. The van der Waals surface area contributed by atoms with Crippen LogP contribution in [0.2, 0.25) is 0 Å². The van der Waals surface area contributed by atoms with Gasteiger partial charge < -0.3 is 20.6 Å². The molecule has 2 saturated carbocycles. The van der Waals surface area contributed by atoms with Crippen LogP contribution in [0.3, 0.4) is 0 Å². The zero-order valence-corrected chi connectivity index (χ0v) is 19.6. The molecule has 9 nitrogen and oxygen atoms in total. The van der Waals surface area contributed by atoms with Crippen molar-refractivity contribution in [2.45, 2.75) is 60.8 Å². The highest BCUT2D eigenvalue weighted by Gasteiger charge is 2.44. The van der Waals surface area contributed by atoms with E-state index >= 15 is 0 Å². The van der Waals surface area contributed by atoms with E-state index in [-0.39, 0.29) is 52.9 Å². The fraction of sp³-hybridized carbons (Fsp3) is 0.545. The van der Waals surface area contributed by atoms with Crippen LogP contribution in [0.4, 0.5) is 23.4 Å². The second kappa shape index (κ2) is 9.72. The summed E-state index contributed by atoms with van der Waals surface area (Å²) in [5.41, 5.74) is 1.42. The number of hydrogen-bond donors (Lipinski definition) is 4. The van der Waals surface area contributed by atoms with Crippen molar-refractivity contribution in [2.75, 3.05) is 17.7 Å². The highest BCUT2D eigenvalue weighted by atomic mass is 32.2. The monoisotopic (exact) mass is 528 g/mol. The number of nitrogens with one attached hydrogen (secondary N) is 1. The molecule has 2 fully saturated rings. The van der Waals surface area contributed by atoms with Gasteiger partial charge in [0.1, 0.15) is 11.9 Å². The molecule has 5 rings (SSSR count). The summed E-state index contributed by atoms with van der Waals surface area (Å²) in [5.74, 6) is -0.783. The quantitative estimate of drug-likeness (QED) is 0.198. The lowest BCUT2D eigenvalue weighted by Crippen LogP contribution is -2.30. The normalized spacial score (nSPS) is 28.1. The minimum absolute atomic E-state index is 0.0515. The summed E-state index contributed by atoms with van der Waals surface area (Å²) in [7, 11) is 0. The van der Waals surface area contributed by atoms with Crippen LogP contribution < -0.4 is 5.32 Å². The molecule has 14 heteroatoms. The number of hydrogen-bond acceptors (Lipinski definition) is 9. The van der Waals surface area contributed by atoms with E-state index in [1.807, 2.05) is 0 Å². The third-order valence-electron chi connectivity index (χ3n) is 6.65. The predicted octanol–water partition coefficient (Wildman–Crippen LogP) is 2.65. The minimum atomic E-state index is -4.32. The maximum absolute atomic E-state index is 13.3. The molecular formula is C22H24F4N6O3S. The first kappa shape index (κ1) is 25.1. The first-order valence-corrected chi connectivity index (χ1v) is 12.4. The van der Waals surface area contributed by atoms with Gasteiger partial charge >= 0.3 is 6.18 Å². The highest BCUT2D eigenvalue weighted by molar-refractivity contribution is 7.99. The number of aliphatic hydroxyl groups is 3. The molecule has 2 aliphatic rings. The van der Waals surface area contributed by atoms with E-state index in [2.05, 4.69) is 25.6 Å². The predicted molar refractivity (Wildman–Crippen MR) is 122 cm³/mol. The van der Waals surface area contributed by atoms with Crippen LogP contribution in [0.25, 0.3) is 11.2 Å². The topological polar surface area (TPSA) is 129 Å². The van der Waals surface area contributed by atoms with Gasteiger partial charge in [-0.3, -0.25) is 0 Å². The Bertz CT molecular complexity index is 1230. The molecule has 0 aliphatic heterocycles. The average Bonchev–Trinajstić information content (AvgIpc) is 3.36. The molecule has 0 bridgehead atoms. The van der Waals surface area contributed by atoms with Crippen LogP contribution in [0.5, 0.6) is 0 Å². The van der Waals surface area contributed by atoms with Crippen molar-refractivity contribution in [3.8, 4) is 0 Å². The van der Waals surface area contributed by atoms with Gasteiger partial charge in [0.05, 0.1) is 18.6 Å². The minimum Gasteiger partial charge on any atom is -0.396 e. The third kappa shape index (κ3) is 5.12. The van der Waals surface area contributed by atoms with Gasteiger partial charge in [-0.15, -0.1) is 5.10 Å². The largest absolute Gasteiger partial charge is 0.396 e. The highest BCUT2D eigenvalue weighted by Crippen LogP contribution is 2.44. The molecule has 4 N–H and O–H groups in total. The Morgan fingerprint density at radius 1 is 1.08 bits per heavy atom. The van der Waals surface area contributed by atoms with Gasteiger partial charge in [-0.05, 0) is 30.5 Å². The molecule has 1 aromatic carbocycles. The van der Waals surface area contributed by atoms with Gasteiger partial charge in [-0.2, -0.15) is 13.2 Å². The maximum atomic E-state index is 13.3. The van der Waals surface area contributed by atoms with Crippen molar-refractivity contribution >= 4 is 28.7 Å². The number of alkyl halides is 3. The van der Waals surface area contributed by atoms with Gasteiger partial charge in [-0.25, -0.2) is 19.0 Å². The average molecular weight is 529 g/mol. The van der Waals surface area contributed by atoms with Crippen molar-refractivity contribution in [2.24, 2.45) is 5.92 Å². The number of fused-ring (bicyclic) bond motifs is 1. The maximum Gasteiger partial charge on any atom is 0.389 e. The molecule has 36 heavy (non-hydrogen) atoms. The second-order valence-corrected chi connectivity index (χ2v) is 10.2. The molecule has 6 atom stereocenters. The Balaban J connectivity index is 1.44. The van der Waals surface area contributed by atoms with Gasteiger partial charge in [0.25, 0.3) is 0 Å². The fourth-order valence-electron chi connectivity index (χ4n) is 4.59. The van der Waals surface area contributed by atoms with Crippen LogP contribution in [-0.2, 0) is 0 Å². The van der Waals surface area contributed by atoms with Gasteiger partial charge in [-0.1, -0.05) is 29.1 Å². The summed E-state index contributed by atoms with van der Waals surface area (Å²) in [4.78, 5) is 8.76.